The number of carbonyl (C=O) groups is 2. The van der Waals surface area contributed by atoms with E-state index in [0.29, 0.717) is 47.9 Å². The van der Waals surface area contributed by atoms with Crippen molar-refractivity contribution < 1.29 is 19.1 Å². The van der Waals surface area contributed by atoms with Gasteiger partial charge in [0.05, 0.1) is 11.1 Å². The van der Waals surface area contributed by atoms with Crippen molar-refractivity contribution in [2.75, 3.05) is 31.9 Å². The fourth-order valence-electron chi connectivity index (χ4n) is 5.70. The van der Waals surface area contributed by atoms with Crippen LogP contribution >= 0.6 is 0 Å². The number of allylic oxidation sites excluding steroid dienone is 1. The maximum absolute atomic E-state index is 12.5. The molecule has 11 heteroatoms. The summed E-state index contributed by atoms with van der Waals surface area (Å²) in [5.41, 5.74) is 11.7. The Labute approximate surface area is 263 Å². The van der Waals surface area contributed by atoms with Crippen LogP contribution in [-0.2, 0) is 20.8 Å². The van der Waals surface area contributed by atoms with Gasteiger partial charge < -0.3 is 20.1 Å². The first-order valence-electron chi connectivity index (χ1n) is 15.1. The number of nitrogen functional groups attached to an aromatic ring is 1. The van der Waals surface area contributed by atoms with Crippen molar-refractivity contribution in [3.63, 3.8) is 0 Å². The first-order chi connectivity index (χ1) is 21.5. The number of benzene rings is 2. The second-order valence-electron chi connectivity index (χ2n) is 12.4. The van der Waals surface area contributed by atoms with Crippen molar-refractivity contribution in [2.45, 2.75) is 59.7 Å². The topological polar surface area (TPSA) is 129 Å². The van der Waals surface area contributed by atoms with Gasteiger partial charge in [0.25, 0.3) is 6.47 Å². The lowest BCUT2D eigenvalue weighted by molar-refractivity contribution is -0.125. The quantitative estimate of drug-likeness (QED) is 0.209. The normalized spacial score (nSPS) is 15.5. The Morgan fingerprint density at radius 1 is 1.02 bits per heavy atom. The van der Waals surface area contributed by atoms with E-state index < -0.39 is 11.6 Å². The molecule has 2 aromatic heterocycles. The van der Waals surface area contributed by atoms with Gasteiger partial charge >= 0.3 is 6.09 Å². The lowest BCUT2D eigenvalue weighted by Gasteiger charge is -2.35. The Balaban J connectivity index is 1.45. The monoisotopic (exact) mass is 611 g/mol. The molecule has 236 valence electrons. The zero-order valence-electron chi connectivity index (χ0n) is 26.8. The Bertz CT molecular complexity index is 1710. The van der Waals surface area contributed by atoms with Crippen LogP contribution in [0.15, 0.2) is 60.6 Å². The van der Waals surface area contributed by atoms with E-state index in [1.807, 2.05) is 65.8 Å². The molecule has 4 aromatic rings. The fourth-order valence-corrected chi connectivity index (χ4v) is 5.70. The number of nitrogens with two attached hydrogens (primary N) is 1. The van der Waals surface area contributed by atoms with Crippen molar-refractivity contribution in [1.29, 1.82) is 0 Å². The number of carbonyl (C=O) groups excluding carboxylic acids is 2. The summed E-state index contributed by atoms with van der Waals surface area (Å²) >= 11 is 0. The lowest BCUT2D eigenvalue weighted by atomic mass is 9.91. The Hall–Kier alpha value is -4.77. The second kappa shape index (κ2) is 13.1. The summed E-state index contributed by atoms with van der Waals surface area (Å²) in [6, 6.07) is 15.8. The van der Waals surface area contributed by atoms with Crippen molar-refractivity contribution in [1.82, 2.24) is 29.5 Å². The summed E-state index contributed by atoms with van der Waals surface area (Å²) in [7, 11) is 0. The van der Waals surface area contributed by atoms with E-state index in [1.165, 1.54) is 6.33 Å². The van der Waals surface area contributed by atoms with Gasteiger partial charge in [-0.05, 0) is 63.8 Å². The molecular formula is C34H41N7O4. The minimum absolute atomic E-state index is 0.265. The Kier molecular flexibility index (Phi) is 9.19. The lowest BCUT2D eigenvalue weighted by Crippen LogP contribution is -2.49. The molecular weight excluding hydrogens is 570 g/mol. The van der Waals surface area contributed by atoms with Crippen molar-refractivity contribution in [3.05, 3.63) is 88.6 Å². The van der Waals surface area contributed by atoms with Crippen molar-refractivity contribution >= 4 is 35.0 Å². The molecule has 1 atom stereocenters. The highest BCUT2D eigenvalue weighted by molar-refractivity contribution is 5.88. The van der Waals surface area contributed by atoms with Gasteiger partial charge in [-0.1, -0.05) is 48.5 Å². The largest absolute Gasteiger partial charge is 0.444 e. The average Bonchev–Trinajstić information content (AvgIpc) is 3.35. The first kappa shape index (κ1) is 31.6. The van der Waals surface area contributed by atoms with E-state index in [4.69, 9.17) is 20.3 Å². The summed E-state index contributed by atoms with van der Waals surface area (Å²) in [5.74, 6) is 0.783. The van der Waals surface area contributed by atoms with E-state index in [-0.39, 0.29) is 6.09 Å². The minimum atomic E-state index is -0.510. The number of ether oxygens (including phenoxy) is 2. The molecule has 0 spiro atoms. The van der Waals surface area contributed by atoms with E-state index in [2.05, 4.69) is 39.1 Å². The smallest absolute Gasteiger partial charge is 0.410 e. The molecule has 1 amide bonds. The predicted molar refractivity (Wildman–Crippen MR) is 173 cm³/mol. The number of piperazine rings is 1. The molecule has 0 radical (unpaired) electrons. The first-order valence-corrected chi connectivity index (χ1v) is 15.1. The van der Waals surface area contributed by atoms with Crippen LogP contribution in [0.5, 0.6) is 0 Å². The Morgan fingerprint density at radius 3 is 2.36 bits per heavy atom. The van der Waals surface area contributed by atoms with Gasteiger partial charge in [-0.25, -0.2) is 19.4 Å². The molecule has 1 aliphatic rings. The molecule has 45 heavy (non-hydrogen) atoms. The second-order valence-corrected chi connectivity index (χ2v) is 12.4. The van der Waals surface area contributed by atoms with Crippen LogP contribution in [0.1, 0.15) is 61.7 Å². The fraction of sp³-hybridized carbons (Fsp3) is 0.382. The van der Waals surface area contributed by atoms with Crippen LogP contribution < -0.4 is 5.73 Å². The van der Waals surface area contributed by atoms with Crippen LogP contribution in [0, 0.1) is 13.8 Å². The number of fused-ring (bicyclic) bond motifs is 1. The third-order valence-electron chi connectivity index (χ3n) is 7.95. The molecule has 0 bridgehead atoms. The number of rotatable bonds is 8. The van der Waals surface area contributed by atoms with Crippen LogP contribution in [0.4, 0.5) is 10.6 Å². The summed E-state index contributed by atoms with van der Waals surface area (Å²) in [4.78, 5) is 37.1. The van der Waals surface area contributed by atoms with E-state index in [1.54, 1.807) is 9.58 Å². The Morgan fingerprint density at radius 2 is 1.71 bits per heavy atom. The summed E-state index contributed by atoms with van der Waals surface area (Å²) in [6.07, 6.45) is 1.14. The van der Waals surface area contributed by atoms with Gasteiger partial charge in [0.2, 0.25) is 0 Å². The van der Waals surface area contributed by atoms with E-state index >= 15 is 0 Å². The van der Waals surface area contributed by atoms with Crippen molar-refractivity contribution in [2.24, 2.45) is 0 Å². The standard InChI is InChI=1S/C34H41N7O4/c1-22-9-7-8-10-27(22)29(30(44-21-42)24(3)41-32-28(23(2)38-41)31(35)36-20-37-32)26-13-11-25(12-14-26)19-39-15-17-40(18-16-39)33(43)45-34(4,5)6/h7-14,20-21,24H,15-19H2,1-6H3,(H2,35,36,37)/b30-29-. The molecule has 1 saturated heterocycles. The van der Waals surface area contributed by atoms with Gasteiger partial charge in [-0.3, -0.25) is 9.69 Å². The van der Waals surface area contributed by atoms with Gasteiger partial charge in [0.1, 0.15) is 29.5 Å². The van der Waals surface area contributed by atoms with Crippen LogP contribution in [0.2, 0.25) is 0 Å². The van der Waals surface area contributed by atoms with Gasteiger partial charge in [0.15, 0.2) is 5.65 Å². The molecule has 2 N–H and O–H groups in total. The number of hydrogen-bond acceptors (Lipinski definition) is 9. The summed E-state index contributed by atoms with van der Waals surface area (Å²) in [5, 5.41) is 5.39. The third kappa shape index (κ3) is 6.99. The number of nitrogens with zero attached hydrogens (tertiary/aromatic N) is 6. The maximum atomic E-state index is 12.5. The van der Waals surface area contributed by atoms with Crippen molar-refractivity contribution in [3.8, 4) is 0 Å². The highest BCUT2D eigenvalue weighted by Crippen LogP contribution is 2.36. The van der Waals surface area contributed by atoms with Gasteiger partial charge in [-0.15, -0.1) is 0 Å². The van der Waals surface area contributed by atoms with Crippen LogP contribution in [0.3, 0.4) is 0 Å². The molecule has 3 heterocycles. The number of aryl methyl sites for hydroxylation is 2. The minimum Gasteiger partial charge on any atom is -0.444 e. The zero-order valence-corrected chi connectivity index (χ0v) is 26.8. The van der Waals surface area contributed by atoms with Gasteiger partial charge in [-0.2, -0.15) is 5.10 Å². The molecule has 5 rings (SSSR count). The molecule has 0 aliphatic carbocycles. The highest BCUT2D eigenvalue weighted by atomic mass is 16.6. The third-order valence-corrected chi connectivity index (χ3v) is 7.95. The average molecular weight is 612 g/mol. The summed E-state index contributed by atoms with van der Waals surface area (Å²) < 4.78 is 13.1. The molecule has 1 unspecified atom stereocenters. The van der Waals surface area contributed by atoms with Gasteiger partial charge in [0, 0.05) is 38.3 Å². The number of hydrogen-bond donors (Lipinski definition) is 1. The SMILES string of the molecule is Cc1ccccc1/C(=C(\OC=O)C(C)n1nc(C)c2c(N)ncnc21)c1ccc(CN2CCN(C(=O)OC(C)(C)C)CC2)cc1. The van der Waals surface area contributed by atoms with Crippen LogP contribution in [0.25, 0.3) is 16.6 Å². The molecule has 1 aliphatic heterocycles. The molecule has 1 fully saturated rings. The number of aromatic nitrogens is 4. The van der Waals surface area contributed by atoms with E-state index in [9.17, 15) is 9.59 Å². The molecule has 2 aromatic carbocycles. The summed E-state index contributed by atoms with van der Waals surface area (Å²) in [6.45, 7) is 15.4. The molecule has 11 nitrogen and oxygen atoms in total. The molecule has 0 saturated carbocycles. The zero-order chi connectivity index (χ0) is 32.3. The number of anilines is 1. The highest BCUT2D eigenvalue weighted by Gasteiger charge is 2.27. The maximum Gasteiger partial charge on any atom is 0.410 e. The predicted octanol–water partition coefficient (Wildman–Crippen LogP) is 5.27. The van der Waals surface area contributed by atoms with E-state index in [0.717, 1.165) is 47.5 Å². The number of amides is 1. The van der Waals surface area contributed by atoms with Crippen LogP contribution in [-0.4, -0.2) is 73.9 Å².